The molecule has 0 saturated heterocycles. The number of hydrogen-bond donors (Lipinski definition) is 0. The molecule has 0 bridgehead atoms. The highest BCUT2D eigenvalue weighted by molar-refractivity contribution is 5.86. The standard InChI is InChI=1S/C24H32O2/c1-8-11-18-12-10-13-20(17(3)9-2)23(18)21-16-19(26-24(4,5)6)14-15-22(21)25-7/h10,12-16H,3,8-9,11H2,1-2,4-7H3. The number of allylic oxidation sites excluding steroid dienone is 1. The van der Waals surface area contributed by atoms with Crippen LogP contribution in [0.5, 0.6) is 11.5 Å². The second-order valence-corrected chi connectivity index (χ2v) is 7.62. The van der Waals surface area contributed by atoms with Crippen molar-refractivity contribution in [1.82, 2.24) is 0 Å². The maximum Gasteiger partial charge on any atom is 0.126 e. The van der Waals surface area contributed by atoms with Crippen LogP contribution in [0.2, 0.25) is 0 Å². The van der Waals surface area contributed by atoms with E-state index in [1.54, 1.807) is 7.11 Å². The van der Waals surface area contributed by atoms with Gasteiger partial charge in [-0.25, -0.2) is 0 Å². The third-order valence-corrected chi connectivity index (χ3v) is 4.34. The molecule has 0 aliphatic carbocycles. The molecule has 0 atom stereocenters. The van der Waals surface area contributed by atoms with Gasteiger partial charge in [0.15, 0.2) is 0 Å². The molecule has 26 heavy (non-hydrogen) atoms. The number of aryl methyl sites for hydroxylation is 1. The molecule has 0 unspecified atom stereocenters. The van der Waals surface area contributed by atoms with Crippen LogP contribution < -0.4 is 9.47 Å². The SMILES string of the molecule is C=C(CC)c1cccc(CCC)c1-c1cc(OC(C)(C)C)ccc1OC. The van der Waals surface area contributed by atoms with Crippen LogP contribution in [-0.2, 0) is 6.42 Å². The number of hydrogen-bond acceptors (Lipinski definition) is 2. The summed E-state index contributed by atoms with van der Waals surface area (Å²) in [6.45, 7) is 14.8. The van der Waals surface area contributed by atoms with E-state index >= 15 is 0 Å². The summed E-state index contributed by atoms with van der Waals surface area (Å²) in [5.74, 6) is 1.72. The van der Waals surface area contributed by atoms with E-state index in [1.807, 2.05) is 12.1 Å². The maximum absolute atomic E-state index is 6.11. The fourth-order valence-corrected chi connectivity index (χ4v) is 3.18. The number of rotatable bonds is 7. The second-order valence-electron chi connectivity index (χ2n) is 7.62. The fourth-order valence-electron chi connectivity index (χ4n) is 3.18. The van der Waals surface area contributed by atoms with Crippen molar-refractivity contribution in [2.75, 3.05) is 7.11 Å². The highest BCUT2D eigenvalue weighted by Gasteiger charge is 2.19. The Morgan fingerprint density at radius 3 is 2.38 bits per heavy atom. The number of ether oxygens (including phenoxy) is 2. The molecule has 2 rings (SSSR count). The molecule has 0 radical (unpaired) electrons. The summed E-state index contributed by atoms with van der Waals surface area (Å²) < 4.78 is 11.8. The van der Waals surface area contributed by atoms with Crippen molar-refractivity contribution in [3.05, 3.63) is 54.1 Å². The quantitative estimate of drug-likeness (QED) is 0.538. The second kappa shape index (κ2) is 8.44. The molecule has 0 heterocycles. The zero-order chi connectivity index (χ0) is 19.3. The Hall–Kier alpha value is -2.22. The molecule has 140 valence electrons. The van der Waals surface area contributed by atoms with E-state index < -0.39 is 0 Å². The van der Waals surface area contributed by atoms with E-state index in [0.29, 0.717) is 0 Å². The van der Waals surface area contributed by atoms with Crippen molar-refractivity contribution >= 4 is 5.57 Å². The molecule has 0 aliphatic rings. The Morgan fingerprint density at radius 2 is 1.81 bits per heavy atom. The van der Waals surface area contributed by atoms with Crippen LogP contribution in [-0.4, -0.2) is 12.7 Å². The van der Waals surface area contributed by atoms with E-state index in [4.69, 9.17) is 9.47 Å². The van der Waals surface area contributed by atoms with E-state index in [9.17, 15) is 0 Å². The third-order valence-electron chi connectivity index (χ3n) is 4.34. The van der Waals surface area contributed by atoms with E-state index in [0.717, 1.165) is 41.9 Å². The van der Waals surface area contributed by atoms with E-state index in [1.165, 1.54) is 16.7 Å². The summed E-state index contributed by atoms with van der Waals surface area (Å²) in [6.07, 6.45) is 3.03. The molecule has 0 saturated carbocycles. The lowest BCUT2D eigenvalue weighted by atomic mass is 9.88. The minimum Gasteiger partial charge on any atom is -0.496 e. The molecule has 2 aromatic carbocycles. The topological polar surface area (TPSA) is 18.5 Å². The van der Waals surface area contributed by atoms with Crippen LogP contribution in [0.15, 0.2) is 43.0 Å². The molecule has 0 fully saturated rings. The zero-order valence-electron chi connectivity index (χ0n) is 17.1. The van der Waals surface area contributed by atoms with Gasteiger partial charge in [0.25, 0.3) is 0 Å². The first kappa shape index (κ1) is 20.1. The van der Waals surface area contributed by atoms with Gasteiger partial charge < -0.3 is 9.47 Å². The first-order valence-electron chi connectivity index (χ1n) is 9.48. The zero-order valence-corrected chi connectivity index (χ0v) is 17.1. The summed E-state index contributed by atoms with van der Waals surface area (Å²) in [6, 6.07) is 12.6. The van der Waals surface area contributed by atoms with Crippen LogP contribution in [0.4, 0.5) is 0 Å². The third kappa shape index (κ3) is 4.69. The van der Waals surface area contributed by atoms with Crippen molar-refractivity contribution in [3.8, 4) is 22.6 Å². The van der Waals surface area contributed by atoms with Gasteiger partial charge in [-0.1, -0.05) is 45.0 Å². The van der Waals surface area contributed by atoms with Gasteiger partial charge in [0, 0.05) is 5.56 Å². The Kier molecular flexibility index (Phi) is 6.52. The van der Waals surface area contributed by atoms with Crippen molar-refractivity contribution in [2.24, 2.45) is 0 Å². The van der Waals surface area contributed by atoms with Gasteiger partial charge >= 0.3 is 0 Å². The van der Waals surface area contributed by atoms with Crippen LogP contribution >= 0.6 is 0 Å². The minimum absolute atomic E-state index is 0.245. The number of methoxy groups -OCH3 is 1. The molecule has 0 amide bonds. The van der Waals surface area contributed by atoms with Gasteiger partial charge in [0.1, 0.15) is 17.1 Å². The average molecular weight is 353 g/mol. The minimum atomic E-state index is -0.245. The van der Waals surface area contributed by atoms with Gasteiger partial charge in [-0.15, -0.1) is 0 Å². The summed E-state index contributed by atoms with van der Waals surface area (Å²) >= 11 is 0. The molecule has 2 nitrogen and oxygen atoms in total. The van der Waals surface area contributed by atoms with E-state index in [-0.39, 0.29) is 5.60 Å². The van der Waals surface area contributed by atoms with Crippen LogP contribution in [0.25, 0.3) is 16.7 Å². The normalized spacial score (nSPS) is 11.3. The van der Waals surface area contributed by atoms with Crippen LogP contribution in [0.3, 0.4) is 0 Å². The molecule has 0 aliphatic heterocycles. The first-order valence-corrected chi connectivity index (χ1v) is 9.48. The number of benzene rings is 2. The van der Waals surface area contributed by atoms with Gasteiger partial charge in [-0.3, -0.25) is 0 Å². The molecule has 2 aromatic rings. The van der Waals surface area contributed by atoms with E-state index in [2.05, 4.69) is 65.5 Å². The molecule has 0 N–H and O–H groups in total. The maximum atomic E-state index is 6.11. The smallest absolute Gasteiger partial charge is 0.126 e. The highest BCUT2D eigenvalue weighted by atomic mass is 16.5. The first-order chi connectivity index (χ1) is 12.3. The molecule has 0 spiro atoms. The Labute approximate surface area is 158 Å². The lowest BCUT2D eigenvalue weighted by molar-refractivity contribution is 0.131. The Balaban J connectivity index is 2.72. The monoisotopic (exact) mass is 352 g/mol. The lowest BCUT2D eigenvalue weighted by Gasteiger charge is -2.23. The van der Waals surface area contributed by atoms with Crippen LogP contribution in [0, 0.1) is 0 Å². The Morgan fingerprint density at radius 1 is 1.08 bits per heavy atom. The van der Waals surface area contributed by atoms with Crippen molar-refractivity contribution in [2.45, 2.75) is 59.5 Å². The molecular weight excluding hydrogens is 320 g/mol. The van der Waals surface area contributed by atoms with Crippen molar-refractivity contribution in [1.29, 1.82) is 0 Å². The molecule has 2 heteroatoms. The molecular formula is C24H32O2. The lowest BCUT2D eigenvalue weighted by Crippen LogP contribution is -2.22. The predicted octanol–water partition coefficient (Wildman–Crippen LogP) is 6.92. The van der Waals surface area contributed by atoms with Crippen molar-refractivity contribution < 1.29 is 9.47 Å². The van der Waals surface area contributed by atoms with Crippen LogP contribution in [0.1, 0.15) is 58.6 Å². The predicted molar refractivity (Wildman–Crippen MR) is 112 cm³/mol. The fraction of sp³-hybridized carbons (Fsp3) is 0.417. The van der Waals surface area contributed by atoms with Gasteiger partial charge in [-0.2, -0.15) is 0 Å². The van der Waals surface area contributed by atoms with Crippen molar-refractivity contribution in [3.63, 3.8) is 0 Å². The van der Waals surface area contributed by atoms with Gasteiger partial charge in [-0.05, 0) is 74.1 Å². The summed E-state index contributed by atoms with van der Waals surface area (Å²) in [5.41, 5.74) is 5.71. The molecule has 0 aromatic heterocycles. The summed E-state index contributed by atoms with van der Waals surface area (Å²) in [7, 11) is 1.72. The summed E-state index contributed by atoms with van der Waals surface area (Å²) in [5, 5.41) is 0. The van der Waals surface area contributed by atoms with Gasteiger partial charge in [0.05, 0.1) is 7.11 Å². The summed E-state index contributed by atoms with van der Waals surface area (Å²) in [4.78, 5) is 0. The Bertz CT molecular complexity index is 766. The average Bonchev–Trinajstić information content (AvgIpc) is 2.59. The van der Waals surface area contributed by atoms with Gasteiger partial charge in [0.2, 0.25) is 0 Å². The highest BCUT2D eigenvalue weighted by Crippen LogP contribution is 2.41. The largest absolute Gasteiger partial charge is 0.496 e.